The third kappa shape index (κ3) is 9.19. The Labute approximate surface area is 266 Å². The lowest BCUT2D eigenvalue weighted by Crippen LogP contribution is -2.62. The fourth-order valence-electron chi connectivity index (χ4n) is 6.81. The molecule has 12 nitrogen and oxygen atoms in total. The van der Waals surface area contributed by atoms with E-state index in [9.17, 15) is 28.8 Å². The van der Waals surface area contributed by atoms with Gasteiger partial charge in [-0.2, -0.15) is 0 Å². The van der Waals surface area contributed by atoms with Crippen molar-refractivity contribution in [1.29, 1.82) is 0 Å². The van der Waals surface area contributed by atoms with Gasteiger partial charge in [0.25, 0.3) is 5.91 Å². The topological polar surface area (TPSA) is 177 Å². The van der Waals surface area contributed by atoms with Gasteiger partial charge in [-0.3, -0.25) is 19.2 Å². The number of ether oxygens (including phenoxy) is 1. The van der Waals surface area contributed by atoms with Crippen LogP contribution in [0, 0.1) is 35.0 Å². The van der Waals surface area contributed by atoms with Crippen molar-refractivity contribution in [3.05, 3.63) is 0 Å². The normalized spacial score (nSPS) is 24.1. The van der Waals surface area contributed by atoms with E-state index >= 15 is 0 Å². The molecule has 1 aliphatic heterocycles. The molecule has 1 saturated heterocycles. The number of esters is 1. The fourth-order valence-corrected chi connectivity index (χ4v) is 6.81. The number of rotatable bonds is 14. The van der Waals surface area contributed by atoms with Crippen LogP contribution >= 0.6 is 0 Å². The van der Waals surface area contributed by atoms with E-state index < -0.39 is 65.1 Å². The second-order valence-corrected chi connectivity index (χ2v) is 15.2. The highest BCUT2D eigenvalue weighted by Gasteiger charge is 2.48. The van der Waals surface area contributed by atoms with Gasteiger partial charge >= 0.3 is 12.0 Å². The quantitative estimate of drug-likeness (QED) is 0.168. The third-order valence-corrected chi connectivity index (χ3v) is 9.95. The molecule has 45 heavy (non-hydrogen) atoms. The van der Waals surface area contributed by atoms with Crippen LogP contribution in [0.3, 0.4) is 0 Å². The molecular formula is C33H53N5O7. The lowest BCUT2D eigenvalue weighted by molar-refractivity contribution is -0.148. The average molecular weight is 632 g/mol. The number of carbonyl (C=O) groups is 6. The molecule has 3 aliphatic carbocycles. The molecule has 252 valence electrons. The number of carbonyl (C=O) groups excluding carboxylic acids is 6. The maximum atomic E-state index is 14.3. The molecule has 2 unspecified atom stereocenters. The summed E-state index contributed by atoms with van der Waals surface area (Å²) in [6.07, 6.45) is 8.40. The molecule has 0 radical (unpaired) electrons. The van der Waals surface area contributed by atoms with Crippen molar-refractivity contribution in [2.75, 3.05) is 13.2 Å². The Bertz CT molecular complexity index is 1140. The Morgan fingerprint density at radius 1 is 0.867 bits per heavy atom. The monoisotopic (exact) mass is 631 g/mol. The summed E-state index contributed by atoms with van der Waals surface area (Å²) < 4.78 is 5.55. The molecule has 4 fully saturated rings. The standard InChI is InChI=1S/C33H53N5O7/c1-18(2)22-14-15-38(25(22)29(41)35-23(16-19-10-11-19)26(39)28(34)40)30(42)27(33(3,4)5)37-32(44)36-24(21-8-6-7-9-21)31(43)45-17-20-12-13-20/h18-25,27H,6-17H2,1-5H3,(H2,34,40)(H,35,41)(H2,36,37,44)/t22?,23?,24-,25-,27+/m0/s1. The number of primary amides is 1. The van der Waals surface area contributed by atoms with Crippen LogP contribution in [0.2, 0.25) is 0 Å². The van der Waals surface area contributed by atoms with Crippen LogP contribution in [-0.2, 0) is 28.7 Å². The smallest absolute Gasteiger partial charge is 0.328 e. The first kappa shape index (κ1) is 34.7. The van der Waals surface area contributed by atoms with Crippen molar-refractivity contribution >= 4 is 35.5 Å². The molecule has 0 spiro atoms. The van der Waals surface area contributed by atoms with Gasteiger partial charge in [0.1, 0.15) is 18.1 Å². The van der Waals surface area contributed by atoms with E-state index in [0.717, 1.165) is 51.4 Å². The Morgan fingerprint density at radius 2 is 1.49 bits per heavy atom. The summed E-state index contributed by atoms with van der Waals surface area (Å²) in [4.78, 5) is 80.4. The average Bonchev–Trinajstić information content (AvgIpc) is 3.87. The van der Waals surface area contributed by atoms with Crippen LogP contribution < -0.4 is 21.7 Å². The van der Waals surface area contributed by atoms with Crippen LogP contribution in [0.1, 0.15) is 98.8 Å². The van der Waals surface area contributed by atoms with Crippen molar-refractivity contribution in [2.45, 2.75) is 123 Å². The Morgan fingerprint density at radius 3 is 2.02 bits per heavy atom. The molecule has 0 aromatic rings. The van der Waals surface area contributed by atoms with Crippen LogP contribution in [0.15, 0.2) is 0 Å². The third-order valence-electron chi connectivity index (χ3n) is 9.95. The molecule has 4 aliphatic rings. The van der Waals surface area contributed by atoms with Gasteiger partial charge < -0.3 is 31.3 Å². The maximum Gasteiger partial charge on any atom is 0.328 e. The summed E-state index contributed by atoms with van der Waals surface area (Å²) in [5.41, 5.74) is 4.55. The van der Waals surface area contributed by atoms with Crippen LogP contribution in [0.25, 0.3) is 0 Å². The number of likely N-dealkylation sites (tertiary alicyclic amines) is 1. The SMILES string of the molecule is CC(C)C1CCN(C(=O)[C@@H](NC(=O)N[C@H](C(=O)OCC2CC2)C2CCCC2)C(C)(C)C)[C@@H]1C(=O)NC(CC1CC1)C(=O)C(N)=O. The first-order valence-corrected chi connectivity index (χ1v) is 16.9. The van der Waals surface area contributed by atoms with Crippen molar-refractivity contribution in [3.8, 4) is 0 Å². The van der Waals surface area contributed by atoms with Crippen LogP contribution in [-0.4, -0.2) is 77.7 Å². The van der Waals surface area contributed by atoms with Gasteiger partial charge in [0, 0.05) is 6.54 Å². The van der Waals surface area contributed by atoms with E-state index in [1.807, 2.05) is 34.6 Å². The Balaban J connectivity index is 1.50. The highest BCUT2D eigenvalue weighted by molar-refractivity contribution is 6.37. The second-order valence-electron chi connectivity index (χ2n) is 15.2. The first-order valence-electron chi connectivity index (χ1n) is 16.9. The van der Waals surface area contributed by atoms with Gasteiger partial charge in [0.2, 0.25) is 17.6 Å². The van der Waals surface area contributed by atoms with Gasteiger partial charge in [-0.1, -0.05) is 60.3 Å². The number of amides is 5. The van der Waals surface area contributed by atoms with Crippen molar-refractivity contribution < 1.29 is 33.5 Å². The summed E-state index contributed by atoms with van der Waals surface area (Å²) in [5.74, 6) is -2.85. The summed E-state index contributed by atoms with van der Waals surface area (Å²) >= 11 is 0. The lowest BCUT2D eigenvalue weighted by Gasteiger charge is -2.37. The van der Waals surface area contributed by atoms with E-state index in [2.05, 4.69) is 16.0 Å². The van der Waals surface area contributed by atoms with Gasteiger partial charge in [0.05, 0.1) is 12.6 Å². The summed E-state index contributed by atoms with van der Waals surface area (Å²) in [6, 6.07) is -4.38. The molecule has 12 heteroatoms. The number of nitrogens with zero attached hydrogens (tertiary/aromatic N) is 1. The van der Waals surface area contributed by atoms with E-state index in [1.165, 1.54) is 4.90 Å². The minimum absolute atomic E-state index is 0.0311. The lowest BCUT2D eigenvalue weighted by atomic mass is 9.84. The number of nitrogens with one attached hydrogen (secondary N) is 3. The van der Waals surface area contributed by atoms with Gasteiger partial charge in [-0.25, -0.2) is 9.59 Å². The summed E-state index contributed by atoms with van der Waals surface area (Å²) in [5, 5.41) is 8.42. The Kier molecular flexibility index (Phi) is 11.2. The zero-order valence-corrected chi connectivity index (χ0v) is 27.6. The minimum Gasteiger partial charge on any atom is -0.464 e. The van der Waals surface area contributed by atoms with Gasteiger partial charge in [0.15, 0.2) is 0 Å². The minimum atomic E-state index is -1.10. The molecule has 3 saturated carbocycles. The molecule has 0 aromatic heterocycles. The molecule has 5 N–H and O–H groups in total. The number of urea groups is 1. The van der Waals surface area contributed by atoms with E-state index in [0.29, 0.717) is 31.9 Å². The fraction of sp³-hybridized carbons (Fsp3) is 0.818. The van der Waals surface area contributed by atoms with Gasteiger partial charge in [-0.05, 0) is 73.5 Å². The number of Topliss-reactive ketones (excluding diaryl/α,β-unsaturated/α-hetero) is 1. The van der Waals surface area contributed by atoms with Crippen molar-refractivity contribution in [2.24, 2.45) is 40.7 Å². The Hall–Kier alpha value is -3.18. The van der Waals surface area contributed by atoms with Crippen LogP contribution in [0.5, 0.6) is 0 Å². The number of ketones is 1. The van der Waals surface area contributed by atoms with Crippen molar-refractivity contribution in [3.63, 3.8) is 0 Å². The largest absolute Gasteiger partial charge is 0.464 e. The first-order chi connectivity index (χ1) is 21.2. The highest BCUT2D eigenvalue weighted by atomic mass is 16.5. The molecule has 0 aromatic carbocycles. The van der Waals surface area contributed by atoms with Gasteiger partial charge in [-0.15, -0.1) is 0 Å². The molecule has 0 bridgehead atoms. The molecular weight excluding hydrogens is 578 g/mol. The maximum absolute atomic E-state index is 14.3. The van der Waals surface area contributed by atoms with E-state index in [-0.39, 0.29) is 23.7 Å². The van der Waals surface area contributed by atoms with Crippen molar-refractivity contribution in [1.82, 2.24) is 20.9 Å². The summed E-state index contributed by atoms with van der Waals surface area (Å²) in [6.45, 7) is 10.1. The molecule has 5 amide bonds. The number of hydrogen-bond donors (Lipinski definition) is 4. The summed E-state index contributed by atoms with van der Waals surface area (Å²) in [7, 11) is 0. The zero-order valence-electron chi connectivity index (χ0n) is 27.6. The number of hydrogen-bond acceptors (Lipinski definition) is 7. The predicted octanol–water partition coefficient (Wildman–Crippen LogP) is 2.42. The van der Waals surface area contributed by atoms with E-state index in [4.69, 9.17) is 10.5 Å². The predicted molar refractivity (Wildman–Crippen MR) is 166 cm³/mol. The molecule has 4 rings (SSSR count). The number of nitrogens with two attached hydrogens (primary N) is 1. The molecule has 1 heterocycles. The zero-order chi connectivity index (χ0) is 33.1. The second kappa shape index (κ2) is 14.5. The highest BCUT2D eigenvalue weighted by Crippen LogP contribution is 2.36. The van der Waals surface area contributed by atoms with Crippen LogP contribution in [0.4, 0.5) is 4.79 Å². The van der Waals surface area contributed by atoms with E-state index in [1.54, 1.807) is 0 Å². The molecule has 5 atom stereocenters.